The highest BCUT2D eigenvalue weighted by atomic mass is 19.1. The van der Waals surface area contributed by atoms with Crippen LogP contribution in [0.3, 0.4) is 0 Å². The number of rotatable bonds is 4. The zero-order chi connectivity index (χ0) is 20.7. The highest BCUT2D eigenvalue weighted by Crippen LogP contribution is 2.33. The summed E-state index contributed by atoms with van der Waals surface area (Å²) in [5.74, 6) is 0.845. The van der Waals surface area contributed by atoms with Crippen LogP contribution in [0.2, 0.25) is 0 Å². The summed E-state index contributed by atoms with van der Waals surface area (Å²) >= 11 is 0. The van der Waals surface area contributed by atoms with Crippen molar-refractivity contribution in [1.29, 1.82) is 0 Å². The number of phenols is 1. The standard InChI is InChI=1S/C23H17FN4O2/c1-14-25-12-22(30-14)18-9-8-17(11-21(18)29)26-19-3-2-10-28-13-20(27-23(19)28)15-4-6-16(24)7-5-15/h2-13,26,29H,1H3. The van der Waals surface area contributed by atoms with E-state index < -0.39 is 0 Å². The van der Waals surface area contributed by atoms with Crippen LogP contribution in [0.4, 0.5) is 15.8 Å². The van der Waals surface area contributed by atoms with Gasteiger partial charge in [-0.2, -0.15) is 0 Å². The van der Waals surface area contributed by atoms with Gasteiger partial charge in [-0.1, -0.05) is 0 Å². The van der Waals surface area contributed by atoms with Gasteiger partial charge in [-0.25, -0.2) is 14.4 Å². The van der Waals surface area contributed by atoms with Crippen LogP contribution in [0.15, 0.2) is 77.6 Å². The van der Waals surface area contributed by atoms with Gasteiger partial charge in [-0.15, -0.1) is 0 Å². The molecule has 30 heavy (non-hydrogen) atoms. The molecule has 3 heterocycles. The van der Waals surface area contributed by atoms with Crippen LogP contribution in [0.5, 0.6) is 5.75 Å². The molecule has 0 saturated heterocycles. The van der Waals surface area contributed by atoms with Crippen LogP contribution >= 0.6 is 0 Å². The molecule has 0 aliphatic heterocycles. The van der Waals surface area contributed by atoms with Crippen molar-refractivity contribution in [3.8, 4) is 28.3 Å². The number of nitrogens with one attached hydrogen (secondary N) is 1. The lowest BCUT2D eigenvalue weighted by atomic mass is 10.1. The number of nitrogens with zero attached hydrogens (tertiary/aromatic N) is 3. The number of phenolic OH excluding ortho intramolecular Hbond substituents is 1. The van der Waals surface area contributed by atoms with E-state index in [1.54, 1.807) is 37.4 Å². The number of oxazole rings is 1. The first-order chi connectivity index (χ1) is 14.6. The number of pyridine rings is 1. The molecule has 0 aliphatic rings. The van der Waals surface area contributed by atoms with Crippen molar-refractivity contribution in [3.63, 3.8) is 0 Å². The largest absolute Gasteiger partial charge is 0.507 e. The maximum atomic E-state index is 13.2. The van der Waals surface area contributed by atoms with Crippen LogP contribution in [0.1, 0.15) is 5.89 Å². The molecule has 0 radical (unpaired) electrons. The fourth-order valence-corrected chi connectivity index (χ4v) is 3.33. The molecule has 0 bridgehead atoms. The van der Waals surface area contributed by atoms with Crippen LogP contribution in [0.25, 0.3) is 28.2 Å². The Morgan fingerprint density at radius 2 is 1.93 bits per heavy atom. The third kappa shape index (κ3) is 3.26. The Kier molecular flexibility index (Phi) is 4.21. The summed E-state index contributed by atoms with van der Waals surface area (Å²) in [7, 11) is 0. The molecule has 5 aromatic rings. The number of aromatic nitrogens is 3. The summed E-state index contributed by atoms with van der Waals surface area (Å²) in [5.41, 5.74) is 4.32. The molecular weight excluding hydrogens is 383 g/mol. The number of hydrogen-bond acceptors (Lipinski definition) is 5. The van der Waals surface area contributed by atoms with Gasteiger partial charge in [-0.3, -0.25) is 0 Å². The summed E-state index contributed by atoms with van der Waals surface area (Å²) in [6.45, 7) is 1.75. The number of hydrogen-bond donors (Lipinski definition) is 2. The van der Waals surface area contributed by atoms with Gasteiger partial charge < -0.3 is 19.2 Å². The van der Waals surface area contributed by atoms with Crippen LogP contribution in [0, 0.1) is 12.7 Å². The highest BCUT2D eigenvalue weighted by molar-refractivity contribution is 5.78. The zero-order valence-corrected chi connectivity index (χ0v) is 16.0. The molecule has 0 saturated carbocycles. The molecule has 2 N–H and O–H groups in total. The van der Waals surface area contributed by atoms with Gasteiger partial charge in [0.15, 0.2) is 17.3 Å². The molecule has 5 rings (SSSR count). The highest BCUT2D eigenvalue weighted by Gasteiger charge is 2.12. The quantitative estimate of drug-likeness (QED) is 0.413. The molecule has 6 nitrogen and oxygen atoms in total. The summed E-state index contributed by atoms with van der Waals surface area (Å²) in [4.78, 5) is 8.76. The molecule has 2 aromatic carbocycles. The van der Waals surface area contributed by atoms with E-state index in [4.69, 9.17) is 9.40 Å². The predicted octanol–water partition coefficient (Wildman–Crippen LogP) is 5.55. The van der Waals surface area contributed by atoms with Crippen molar-refractivity contribution in [1.82, 2.24) is 14.4 Å². The number of aromatic hydroxyl groups is 1. The Morgan fingerprint density at radius 1 is 1.10 bits per heavy atom. The third-order valence-electron chi connectivity index (χ3n) is 4.79. The second-order valence-electron chi connectivity index (χ2n) is 6.89. The predicted molar refractivity (Wildman–Crippen MR) is 112 cm³/mol. The molecule has 0 spiro atoms. The van der Waals surface area contributed by atoms with Crippen molar-refractivity contribution in [2.45, 2.75) is 6.92 Å². The normalized spacial score (nSPS) is 11.1. The van der Waals surface area contributed by atoms with Gasteiger partial charge in [0.1, 0.15) is 11.6 Å². The second kappa shape index (κ2) is 7.04. The van der Waals surface area contributed by atoms with E-state index >= 15 is 0 Å². The monoisotopic (exact) mass is 400 g/mol. The van der Waals surface area contributed by atoms with Crippen molar-refractivity contribution in [3.05, 3.63) is 84.9 Å². The number of halogens is 1. The number of fused-ring (bicyclic) bond motifs is 1. The van der Waals surface area contributed by atoms with E-state index in [2.05, 4.69) is 10.3 Å². The minimum absolute atomic E-state index is 0.0819. The van der Waals surface area contributed by atoms with Gasteiger partial charge in [-0.05, 0) is 48.5 Å². The van der Waals surface area contributed by atoms with Crippen LogP contribution in [-0.4, -0.2) is 19.5 Å². The van der Waals surface area contributed by atoms with Crippen LogP contribution in [-0.2, 0) is 0 Å². The first-order valence-corrected chi connectivity index (χ1v) is 9.33. The first-order valence-electron chi connectivity index (χ1n) is 9.33. The maximum absolute atomic E-state index is 13.2. The summed E-state index contributed by atoms with van der Waals surface area (Å²) in [5, 5.41) is 13.7. The Balaban J connectivity index is 1.48. The SMILES string of the molecule is Cc1ncc(-c2ccc(Nc3cccn4cc(-c5ccc(F)cc5)nc34)cc2O)o1. The summed E-state index contributed by atoms with van der Waals surface area (Å²) in [6, 6.07) is 15.3. The summed E-state index contributed by atoms with van der Waals surface area (Å²) < 4.78 is 20.6. The van der Waals surface area contributed by atoms with E-state index in [1.165, 1.54) is 12.1 Å². The molecule has 148 valence electrons. The van der Waals surface area contributed by atoms with Gasteiger partial charge in [0.2, 0.25) is 0 Å². The molecule has 3 aromatic heterocycles. The van der Waals surface area contributed by atoms with E-state index in [-0.39, 0.29) is 11.6 Å². The van der Waals surface area contributed by atoms with Crippen molar-refractivity contribution >= 4 is 17.0 Å². The van der Waals surface area contributed by atoms with Gasteiger partial charge in [0, 0.05) is 36.6 Å². The van der Waals surface area contributed by atoms with Crippen LogP contribution < -0.4 is 5.32 Å². The van der Waals surface area contributed by atoms with Crippen molar-refractivity contribution in [2.24, 2.45) is 0 Å². The lowest BCUT2D eigenvalue weighted by molar-refractivity contribution is 0.472. The lowest BCUT2D eigenvalue weighted by Gasteiger charge is -2.09. The molecule has 0 aliphatic carbocycles. The average Bonchev–Trinajstić information content (AvgIpc) is 3.36. The average molecular weight is 400 g/mol. The fourth-order valence-electron chi connectivity index (χ4n) is 3.33. The van der Waals surface area contributed by atoms with E-state index in [1.807, 2.05) is 35.0 Å². The topological polar surface area (TPSA) is 75.6 Å². The number of aryl methyl sites for hydroxylation is 1. The molecular formula is C23H17FN4O2. The Hall–Kier alpha value is -4.13. The van der Waals surface area contributed by atoms with Crippen molar-refractivity contribution < 1.29 is 13.9 Å². The number of imidazole rings is 1. The second-order valence-corrected chi connectivity index (χ2v) is 6.89. The minimum atomic E-state index is -0.284. The minimum Gasteiger partial charge on any atom is -0.507 e. The fraction of sp³-hybridized carbons (Fsp3) is 0.0435. The molecule has 7 heteroatoms. The van der Waals surface area contributed by atoms with Crippen molar-refractivity contribution in [2.75, 3.05) is 5.32 Å². The molecule has 0 amide bonds. The summed E-state index contributed by atoms with van der Waals surface area (Å²) in [6.07, 6.45) is 5.37. The Labute approximate surface area is 171 Å². The third-order valence-corrected chi connectivity index (χ3v) is 4.79. The molecule has 0 fully saturated rings. The van der Waals surface area contributed by atoms with E-state index in [0.29, 0.717) is 28.5 Å². The first kappa shape index (κ1) is 17.9. The number of anilines is 2. The maximum Gasteiger partial charge on any atom is 0.191 e. The number of benzene rings is 2. The molecule has 0 unspecified atom stereocenters. The zero-order valence-electron chi connectivity index (χ0n) is 16.0. The lowest BCUT2D eigenvalue weighted by Crippen LogP contribution is -1.94. The van der Waals surface area contributed by atoms with E-state index in [0.717, 1.165) is 16.9 Å². The van der Waals surface area contributed by atoms with Gasteiger partial charge in [0.25, 0.3) is 0 Å². The van der Waals surface area contributed by atoms with E-state index in [9.17, 15) is 9.50 Å². The molecule has 0 atom stereocenters. The Morgan fingerprint density at radius 3 is 2.67 bits per heavy atom. The van der Waals surface area contributed by atoms with Gasteiger partial charge in [0.05, 0.1) is 23.1 Å². The Bertz CT molecular complexity index is 1360. The van der Waals surface area contributed by atoms with Gasteiger partial charge >= 0.3 is 0 Å². The smallest absolute Gasteiger partial charge is 0.191 e.